The molecule has 1 aromatic rings. The summed E-state index contributed by atoms with van der Waals surface area (Å²) in [5.41, 5.74) is 11.5. The van der Waals surface area contributed by atoms with E-state index in [0.29, 0.717) is 11.5 Å². The topological polar surface area (TPSA) is 92.7 Å². The van der Waals surface area contributed by atoms with E-state index in [9.17, 15) is 0 Å². The van der Waals surface area contributed by atoms with Crippen molar-refractivity contribution in [3.05, 3.63) is 12.0 Å². The van der Waals surface area contributed by atoms with Gasteiger partial charge in [0.05, 0.1) is 6.33 Å². The summed E-state index contributed by atoms with van der Waals surface area (Å²) in [6.07, 6.45) is 1.53. The average Bonchev–Trinajstić information content (AvgIpc) is 2.35. The predicted octanol–water partition coefficient (Wildman–Crippen LogP) is -0.267. The van der Waals surface area contributed by atoms with Crippen molar-refractivity contribution < 1.29 is 0 Å². The molecular weight excluding hydrogens is 154 g/mol. The molecule has 0 bridgehead atoms. The molecule has 0 saturated heterocycles. The van der Waals surface area contributed by atoms with Crippen LogP contribution in [0.4, 0.5) is 5.82 Å². The summed E-state index contributed by atoms with van der Waals surface area (Å²) < 4.78 is 0. The molecule has 0 aliphatic carbocycles. The van der Waals surface area contributed by atoms with E-state index in [-0.39, 0.29) is 0 Å². The Hall–Kier alpha value is -1.07. The van der Waals surface area contributed by atoms with Crippen molar-refractivity contribution in [3.8, 4) is 0 Å². The third-order valence-electron chi connectivity index (χ3n) is 1.70. The molecule has 5 heteroatoms. The maximum absolute atomic E-state index is 5.92. The van der Waals surface area contributed by atoms with Crippen molar-refractivity contribution in [3.63, 3.8) is 0 Å². The maximum atomic E-state index is 5.92. The van der Waals surface area contributed by atoms with Crippen LogP contribution in [0.15, 0.2) is 6.33 Å². The van der Waals surface area contributed by atoms with Gasteiger partial charge in [-0.3, -0.25) is 5.32 Å². The average molecular weight is 169 g/mol. The second kappa shape index (κ2) is 3.12. The maximum Gasteiger partial charge on any atom is 0.127 e. The van der Waals surface area contributed by atoms with Crippen LogP contribution in [0.25, 0.3) is 0 Å². The van der Waals surface area contributed by atoms with Gasteiger partial charge in [-0.25, -0.2) is 4.98 Å². The molecular formula is C7H15N5. The fourth-order valence-corrected chi connectivity index (χ4v) is 1.17. The van der Waals surface area contributed by atoms with Gasteiger partial charge in [0.25, 0.3) is 0 Å². The Labute approximate surface area is 71.5 Å². The number of rotatable bonds is 3. The van der Waals surface area contributed by atoms with Crippen LogP contribution in [0.1, 0.15) is 19.5 Å². The molecule has 0 aliphatic rings. The van der Waals surface area contributed by atoms with Crippen LogP contribution >= 0.6 is 0 Å². The largest absolute Gasteiger partial charge is 0.384 e. The van der Waals surface area contributed by atoms with Crippen molar-refractivity contribution >= 4 is 5.82 Å². The minimum atomic E-state index is -0.654. The lowest BCUT2D eigenvalue weighted by molar-refractivity contribution is 0.383. The molecule has 0 saturated carbocycles. The van der Waals surface area contributed by atoms with E-state index in [1.807, 2.05) is 13.8 Å². The van der Waals surface area contributed by atoms with E-state index in [4.69, 9.17) is 11.5 Å². The summed E-state index contributed by atoms with van der Waals surface area (Å²) in [6.45, 7) is 4.59. The summed E-state index contributed by atoms with van der Waals surface area (Å²) in [6, 6.07) is 0. The first-order valence-corrected chi connectivity index (χ1v) is 3.91. The lowest BCUT2D eigenvalue weighted by Crippen LogP contribution is -2.48. The van der Waals surface area contributed by atoms with Gasteiger partial charge < -0.3 is 16.5 Å². The van der Waals surface area contributed by atoms with E-state index in [1.54, 1.807) is 0 Å². The summed E-state index contributed by atoms with van der Waals surface area (Å²) >= 11 is 0. The molecule has 0 aliphatic heterocycles. The van der Waals surface area contributed by atoms with Gasteiger partial charge in [-0.05, 0) is 13.5 Å². The summed E-state index contributed by atoms with van der Waals surface area (Å²) in [5.74, 6) is 0.515. The number of nitrogen functional groups attached to an aromatic ring is 1. The quantitative estimate of drug-likeness (QED) is 0.469. The first kappa shape index (κ1) is 9.02. The number of aromatic nitrogens is 2. The third-order valence-corrected chi connectivity index (χ3v) is 1.70. The minimum absolute atomic E-state index is 0.515. The molecule has 68 valence electrons. The zero-order chi connectivity index (χ0) is 9.19. The van der Waals surface area contributed by atoms with Crippen LogP contribution in [0.2, 0.25) is 0 Å². The van der Waals surface area contributed by atoms with E-state index in [2.05, 4.69) is 15.3 Å². The Bertz CT molecular complexity index is 252. The van der Waals surface area contributed by atoms with Gasteiger partial charge in [0.15, 0.2) is 0 Å². The normalized spacial score (nSPS) is 15.9. The Morgan fingerprint density at radius 2 is 2.42 bits per heavy atom. The molecule has 0 fully saturated rings. The summed E-state index contributed by atoms with van der Waals surface area (Å²) in [5, 5.41) is 3.08. The highest BCUT2D eigenvalue weighted by molar-refractivity contribution is 5.38. The second-order valence-corrected chi connectivity index (χ2v) is 2.90. The van der Waals surface area contributed by atoms with Crippen molar-refractivity contribution in [1.82, 2.24) is 15.3 Å². The zero-order valence-electron chi connectivity index (χ0n) is 7.39. The number of anilines is 1. The van der Waals surface area contributed by atoms with Crippen LogP contribution < -0.4 is 16.8 Å². The highest BCUT2D eigenvalue weighted by atomic mass is 15.1. The number of hydrogen-bond acceptors (Lipinski definition) is 4. The van der Waals surface area contributed by atoms with E-state index in [1.165, 1.54) is 6.33 Å². The first-order valence-electron chi connectivity index (χ1n) is 3.91. The zero-order valence-corrected chi connectivity index (χ0v) is 7.39. The summed E-state index contributed by atoms with van der Waals surface area (Å²) in [4.78, 5) is 6.82. The molecule has 6 N–H and O–H groups in total. The van der Waals surface area contributed by atoms with E-state index < -0.39 is 5.66 Å². The number of nitrogens with zero attached hydrogens (tertiary/aromatic N) is 1. The smallest absolute Gasteiger partial charge is 0.127 e. The van der Waals surface area contributed by atoms with Gasteiger partial charge in [0.2, 0.25) is 0 Å². The molecule has 0 amide bonds. The molecule has 1 unspecified atom stereocenters. The van der Waals surface area contributed by atoms with Crippen molar-refractivity contribution in [2.24, 2.45) is 5.73 Å². The van der Waals surface area contributed by atoms with Crippen LogP contribution in [-0.4, -0.2) is 16.5 Å². The predicted molar refractivity (Wildman–Crippen MR) is 48.2 cm³/mol. The van der Waals surface area contributed by atoms with Crippen LogP contribution in [0, 0.1) is 0 Å². The number of nitrogens with one attached hydrogen (secondary N) is 2. The molecule has 0 radical (unpaired) electrons. The van der Waals surface area contributed by atoms with Crippen LogP contribution in [0.3, 0.4) is 0 Å². The standard InChI is InChI=1S/C7H15N5/c1-3-12-7(2,9)5-6(8)11-4-10-5/h4,12H,3,8-9H2,1-2H3,(H,10,11). The van der Waals surface area contributed by atoms with Crippen LogP contribution in [-0.2, 0) is 5.66 Å². The molecule has 5 nitrogen and oxygen atoms in total. The lowest BCUT2D eigenvalue weighted by Gasteiger charge is -2.23. The Morgan fingerprint density at radius 1 is 1.75 bits per heavy atom. The molecule has 1 atom stereocenters. The Morgan fingerprint density at radius 3 is 2.83 bits per heavy atom. The molecule has 1 rings (SSSR count). The molecule has 1 aromatic heterocycles. The van der Waals surface area contributed by atoms with E-state index >= 15 is 0 Å². The molecule has 1 heterocycles. The first-order chi connectivity index (χ1) is 5.58. The highest BCUT2D eigenvalue weighted by Crippen LogP contribution is 2.16. The van der Waals surface area contributed by atoms with Crippen molar-refractivity contribution in [2.75, 3.05) is 12.3 Å². The number of imidazole rings is 1. The van der Waals surface area contributed by atoms with Gasteiger partial charge >= 0.3 is 0 Å². The minimum Gasteiger partial charge on any atom is -0.384 e. The van der Waals surface area contributed by atoms with Gasteiger partial charge in [0.1, 0.15) is 17.2 Å². The lowest BCUT2D eigenvalue weighted by atomic mass is 10.1. The number of H-pyrrole nitrogens is 1. The van der Waals surface area contributed by atoms with E-state index in [0.717, 1.165) is 6.54 Å². The van der Waals surface area contributed by atoms with Crippen molar-refractivity contribution in [2.45, 2.75) is 19.5 Å². The van der Waals surface area contributed by atoms with Gasteiger partial charge in [-0.2, -0.15) is 0 Å². The molecule has 0 spiro atoms. The van der Waals surface area contributed by atoms with Gasteiger partial charge in [-0.15, -0.1) is 0 Å². The Kier molecular flexibility index (Phi) is 2.35. The number of hydrogen-bond donors (Lipinski definition) is 4. The molecule has 12 heavy (non-hydrogen) atoms. The van der Waals surface area contributed by atoms with Gasteiger partial charge in [0, 0.05) is 0 Å². The van der Waals surface area contributed by atoms with Crippen LogP contribution in [0.5, 0.6) is 0 Å². The Balaban J connectivity index is 2.88. The van der Waals surface area contributed by atoms with Gasteiger partial charge in [-0.1, -0.05) is 6.92 Å². The van der Waals surface area contributed by atoms with Crippen molar-refractivity contribution in [1.29, 1.82) is 0 Å². The fourth-order valence-electron chi connectivity index (χ4n) is 1.17. The number of aromatic amines is 1. The second-order valence-electron chi connectivity index (χ2n) is 2.90. The monoisotopic (exact) mass is 169 g/mol. The third kappa shape index (κ3) is 1.57. The highest BCUT2D eigenvalue weighted by Gasteiger charge is 2.24. The summed E-state index contributed by atoms with van der Waals surface area (Å²) in [7, 11) is 0. The number of nitrogens with two attached hydrogens (primary N) is 2. The fraction of sp³-hybridized carbons (Fsp3) is 0.571. The SMILES string of the molecule is CCNC(C)(N)c1nc[nH]c1N. The molecule has 0 aromatic carbocycles.